The van der Waals surface area contributed by atoms with Crippen LogP contribution < -0.4 is 5.32 Å². The first-order valence-electron chi connectivity index (χ1n) is 3.51. The van der Waals surface area contributed by atoms with Crippen molar-refractivity contribution in [2.24, 2.45) is 0 Å². The van der Waals surface area contributed by atoms with Gasteiger partial charge in [0, 0.05) is 11.7 Å². The van der Waals surface area contributed by atoms with Crippen molar-refractivity contribution in [2.45, 2.75) is 19.9 Å². The monoisotopic (exact) mass is 138 g/mol. The van der Waals surface area contributed by atoms with Crippen molar-refractivity contribution in [1.82, 2.24) is 10.2 Å². The molecule has 56 valence electrons. The van der Waals surface area contributed by atoms with Crippen LogP contribution in [0.25, 0.3) is 0 Å². The van der Waals surface area contributed by atoms with Gasteiger partial charge in [0.25, 0.3) is 0 Å². The van der Waals surface area contributed by atoms with Crippen molar-refractivity contribution in [2.75, 3.05) is 6.54 Å². The van der Waals surface area contributed by atoms with Gasteiger partial charge in [-0.1, -0.05) is 13.2 Å². The Morgan fingerprint density at radius 1 is 1.50 bits per heavy atom. The van der Waals surface area contributed by atoms with Crippen molar-refractivity contribution in [3.05, 3.63) is 24.7 Å². The van der Waals surface area contributed by atoms with E-state index in [1.54, 1.807) is 0 Å². The Morgan fingerprint density at radius 2 is 2.10 bits per heavy atom. The SMILES string of the molecule is C=C1CN(C(C)C)C(=C)N1. The van der Waals surface area contributed by atoms with Gasteiger partial charge in [0.15, 0.2) is 0 Å². The maximum atomic E-state index is 3.86. The Bertz CT molecular complexity index is 170. The fourth-order valence-electron chi connectivity index (χ4n) is 1.11. The molecule has 0 aromatic heterocycles. The van der Waals surface area contributed by atoms with Crippen molar-refractivity contribution in [3.8, 4) is 0 Å². The second kappa shape index (κ2) is 2.37. The molecule has 0 saturated carbocycles. The van der Waals surface area contributed by atoms with Crippen LogP contribution in [0.1, 0.15) is 13.8 Å². The van der Waals surface area contributed by atoms with E-state index in [4.69, 9.17) is 0 Å². The summed E-state index contributed by atoms with van der Waals surface area (Å²) in [6.45, 7) is 12.9. The molecule has 1 N–H and O–H groups in total. The van der Waals surface area contributed by atoms with Gasteiger partial charge in [0.2, 0.25) is 0 Å². The molecule has 0 spiro atoms. The molecule has 0 unspecified atom stereocenters. The summed E-state index contributed by atoms with van der Waals surface area (Å²) in [5.74, 6) is 0.972. The zero-order valence-corrected chi connectivity index (χ0v) is 6.65. The van der Waals surface area contributed by atoms with Gasteiger partial charge < -0.3 is 10.2 Å². The topological polar surface area (TPSA) is 15.3 Å². The van der Waals surface area contributed by atoms with Gasteiger partial charge in [-0.3, -0.25) is 0 Å². The summed E-state index contributed by atoms with van der Waals surface area (Å²) in [7, 11) is 0. The predicted octanol–water partition coefficient (Wildman–Crippen LogP) is 1.28. The van der Waals surface area contributed by atoms with Crippen LogP contribution in [-0.2, 0) is 0 Å². The number of nitrogens with one attached hydrogen (secondary N) is 1. The molecular formula is C8H14N2. The number of rotatable bonds is 1. The van der Waals surface area contributed by atoms with E-state index in [9.17, 15) is 0 Å². The summed E-state index contributed by atoms with van der Waals surface area (Å²) in [6.07, 6.45) is 0. The van der Waals surface area contributed by atoms with E-state index in [2.05, 4.69) is 37.2 Å². The Labute approximate surface area is 62.2 Å². The van der Waals surface area contributed by atoms with Gasteiger partial charge in [-0.05, 0) is 13.8 Å². The molecule has 1 fully saturated rings. The number of hydrogen-bond donors (Lipinski definition) is 1. The summed E-state index contributed by atoms with van der Waals surface area (Å²) >= 11 is 0. The molecule has 0 aromatic carbocycles. The first-order valence-corrected chi connectivity index (χ1v) is 3.51. The molecule has 0 radical (unpaired) electrons. The molecule has 1 aliphatic rings. The molecule has 0 aliphatic carbocycles. The third-order valence-electron chi connectivity index (χ3n) is 1.65. The quantitative estimate of drug-likeness (QED) is 0.587. The fourth-order valence-corrected chi connectivity index (χ4v) is 1.11. The van der Waals surface area contributed by atoms with E-state index in [1.165, 1.54) is 0 Å². The fraction of sp³-hybridized carbons (Fsp3) is 0.500. The number of hydrogen-bond acceptors (Lipinski definition) is 2. The van der Waals surface area contributed by atoms with E-state index in [0.717, 1.165) is 18.1 Å². The van der Waals surface area contributed by atoms with Crippen LogP contribution in [0.2, 0.25) is 0 Å². The molecule has 2 heteroatoms. The number of nitrogens with zero attached hydrogens (tertiary/aromatic N) is 1. The Balaban J connectivity index is 2.63. The zero-order valence-electron chi connectivity index (χ0n) is 6.65. The van der Waals surface area contributed by atoms with E-state index >= 15 is 0 Å². The molecule has 1 saturated heterocycles. The maximum absolute atomic E-state index is 3.86. The van der Waals surface area contributed by atoms with Gasteiger partial charge >= 0.3 is 0 Å². The summed E-state index contributed by atoms with van der Waals surface area (Å²) < 4.78 is 0. The second-order valence-corrected chi connectivity index (χ2v) is 2.90. The van der Waals surface area contributed by atoms with Crippen LogP contribution >= 0.6 is 0 Å². The first-order chi connectivity index (χ1) is 4.61. The maximum Gasteiger partial charge on any atom is 0.0987 e. The highest BCUT2D eigenvalue weighted by Gasteiger charge is 2.18. The van der Waals surface area contributed by atoms with Crippen LogP contribution in [0.3, 0.4) is 0 Å². The van der Waals surface area contributed by atoms with Crippen molar-refractivity contribution in [1.29, 1.82) is 0 Å². The Kier molecular flexibility index (Phi) is 1.70. The minimum Gasteiger partial charge on any atom is -0.350 e. The lowest BCUT2D eigenvalue weighted by molar-refractivity contribution is 0.331. The third kappa shape index (κ3) is 1.15. The van der Waals surface area contributed by atoms with E-state index in [1.807, 2.05) is 0 Å². The molecule has 0 aromatic rings. The molecule has 0 bridgehead atoms. The molecule has 1 rings (SSSR count). The molecule has 0 amide bonds. The third-order valence-corrected chi connectivity index (χ3v) is 1.65. The second-order valence-electron chi connectivity index (χ2n) is 2.90. The average Bonchev–Trinajstić information content (AvgIpc) is 2.10. The Hall–Kier alpha value is -0.920. The summed E-state index contributed by atoms with van der Waals surface area (Å²) in [4.78, 5) is 2.18. The van der Waals surface area contributed by atoms with E-state index in [-0.39, 0.29) is 0 Å². The summed E-state index contributed by atoms with van der Waals surface area (Å²) in [5.41, 5.74) is 1.04. The first kappa shape index (κ1) is 7.19. The molecule has 2 nitrogen and oxygen atoms in total. The van der Waals surface area contributed by atoms with Gasteiger partial charge in [0.1, 0.15) is 0 Å². The molecule has 10 heavy (non-hydrogen) atoms. The van der Waals surface area contributed by atoms with Gasteiger partial charge in [-0.2, -0.15) is 0 Å². The van der Waals surface area contributed by atoms with Crippen molar-refractivity contribution in [3.63, 3.8) is 0 Å². The highest BCUT2D eigenvalue weighted by molar-refractivity contribution is 5.15. The van der Waals surface area contributed by atoms with E-state index in [0.29, 0.717) is 6.04 Å². The minimum absolute atomic E-state index is 0.513. The lowest BCUT2D eigenvalue weighted by Crippen LogP contribution is -2.26. The summed E-state index contributed by atoms with van der Waals surface area (Å²) in [5, 5.41) is 3.09. The highest BCUT2D eigenvalue weighted by Crippen LogP contribution is 2.14. The standard InChI is InChI=1S/C8H14N2/c1-6(2)10-5-7(3)9-8(10)4/h6,9H,3-5H2,1-2H3. The van der Waals surface area contributed by atoms with Crippen LogP contribution in [-0.4, -0.2) is 17.5 Å². The summed E-state index contributed by atoms with van der Waals surface area (Å²) in [6, 6.07) is 0.513. The van der Waals surface area contributed by atoms with Crippen LogP contribution in [0.4, 0.5) is 0 Å². The lowest BCUT2D eigenvalue weighted by Gasteiger charge is -2.21. The van der Waals surface area contributed by atoms with Crippen molar-refractivity contribution < 1.29 is 0 Å². The molecule has 1 aliphatic heterocycles. The largest absolute Gasteiger partial charge is 0.350 e. The van der Waals surface area contributed by atoms with Crippen molar-refractivity contribution >= 4 is 0 Å². The molecular weight excluding hydrogens is 124 g/mol. The normalized spacial score (nSPS) is 18.5. The average molecular weight is 138 g/mol. The smallest absolute Gasteiger partial charge is 0.0987 e. The zero-order chi connectivity index (χ0) is 7.72. The highest BCUT2D eigenvalue weighted by atomic mass is 15.3. The van der Waals surface area contributed by atoms with Gasteiger partial charge in [-0.15, -0.1) is 0 Å². The van der Waals surface area contributed by atoms with Crippen LogP contribution in [0.5, 0.6) is 0 Å². The molecule has 1 heterocycles. The molecule has 0 atom stereocenters. The van der Waals surface area contributed by atoms with Gasteiger partial charge in [0.05, 0.1) is 12.4 Å². The van der Waals surface area contributed by atoms with Crippen LogP contribution in [0.15, 0.2) is 24.7 Å². The Morgan fingerprint density at radius 3 is 2.30 bits per heavy atom. The van der Waals surface area contributed by atoms with Gasteiger partial charge in [-0.25, -0.2) is 0 Å². The minimum atomic E-state index is 0.513. The lowest BCUT2D eigenvalue weighted by atomic mass is 10.3. The predicted molar refractivity (Wildman–Crippen MR) is 43.3 cm³/mol. The van der Waals surface area contributed by atoms with Crippen LogP contribution in [0, 0.1) is 0 Å². The van der Waals surface area contributed by atoms with E-state index < -0.39 is 0 Å².